The Morgan fingerprint density at radius 2 is 2.19 bits per heavy atom. The van der Waals surface area contributed by atoms with E-state index in [-0.39, 0.29) is 5.41 Å². The monoisotopic (exact) mass is 293 g/mol. The first-order valence-corrected chi connectivity index (χ1v) is 8.92. The van der Waals surface area contributed by atoms with Gasteiger partial charge in [0.15, 0.2) is 0 Å². The van der Waals surface area contributed by atoms with E-state index in [2.05, 4.69) is 29.0 Å². The van der Waals surface area contributed by atoms with Gasteiger partial charge in [0.2, 0.25) is 5.91 Å². The van der Waals surface area contributed by atoms with E-state index in [1.165, 1.54) is 19.4 Å². The van der Waals surface area contributed by atoms with Gasteiger partial charge in [0.05, 0.1) is 5.41 Å². The summed E-state index contributed by atoms with van der Waals surface area (Å²) in [6, 6.07) is 1.00. The van der Waals surface area contributed by atoms with E-state index in [0.717, 1.165) is 51.9 Å². The van der Waals surface area contributed by atoms with Crippen LogP contribution in [0.3, 0.4) is 0 Å². The molecule has 3 heterocycles. The topological polar surface area (TPSA) is 35.6 Å². The number of piperazine rings is 1. The predicted molar refractivity (Wildman–Crippen MR) is 85.2 cm³/mol. The Morgan fingerprint density at radius 1 is 1.33 bits per heavy atom. The fourth-order valence-corrected chi connectivity index (χ4v) is 4.72. The Morgan fingerprint density at radius 3 is 2.90 bits per heavy atom. The zero-order chi connectivity index (χ0) is 14.9. The highest BCUT2D eigenvalue weighted by molar-refractivity contribution is 5.83. The van der Waals surface area contributed by atoms with Gasteiger partial charge >= 0.3 is 0 Å². The van der Waals surface area contributed by atoms with Crippen molar-refractivity contribution in [1.82, 2.24) is 15.1 Å². The lowest BCUT2D eigenvalue weighted by atomic mass is 9.75. The van der Waals surface area contributed by atoms with Crippen molar-refractivity contribution < 1.29 is 4.79 Å². The van der Waals surface area contributed by atoms with E-state index in [1.54, 1.807) is 0 Å². The molecular formula is C17H31N3O. The van der Waals surface area contributed by atoms with E-state index in [9.17, 15) is 4.79 Å². The summed E-state index contributed by atoms with van der Waals surface area (Å²) >= 11 is 0. The van der Waals surface area contributed by atoms with Crippen molar-refractivity contribution in [2.45, 2.75) is 64.5 Å². The van der Waals surface area contributed by atoms with Gasteiger partial charge in [-0.3, -0.25) is 9.69 Å². The lowest BCUT2D eigenvalue weighted by Crippen LogP contribution is -2.61. The molecule has 3 atom stereocenters. The van der Waals surface area contributed by atoms with Crippen LogP contribution in [0.1, 0.15) is 52.4 Å². The fourth-order valence-electron chi connectivity index (χ4n) is 4.72. The minimum Gasteiger partial charge on any atom is -0.337 e. The first-order valence-electron chi connectivity index (χ1n) is 8.92. The molecule has 3 unspecified atom stereocenters. The normalized spacial score (nSPS) is 37.5. The first kappa shape index (κ1) is 15.3. The van der Waals surface area contributed by atoms with Crippen molar-refractivity contribution in [3.05, 3.63) is 0 Å². The molecule has 21 heavy (non-hydrogen) atoms. The molecule has 1 amide bonds. The summed E-state index contributed by atoms with van der Waals surface area (Å²) < 4.78 is 0. The molecule has 3 rings (SSSR count). The molecule has 0 spiro atoms. The van der Waals surface area contributed by atoms with Crippen molar-refractivity contribution in [3.8, 4) is 0 Å². The lowest BCUT2D eigenvalue weighted by Gasteiger charge is -2.47. The number of carbonyl (C=O) groups is 1. The third-order valence-electron chi connectivity index (χ3n) is 5.85. The summed E-state index contributed by atoms with van der Waals surface area (Å²) in [5.41, 5.74) is -0.123. The minimum atomic E-state index is -0.123. The molecule has 0 aliphatic carbocycles. The van der Waals surface area contributed by atoms with Crippen molar-refractivity contribution in [2.75, 3.05) is 32.7 Å². The van der Waals surface area contributed by atoms with Crippen molar-refractivity contribution in [2.24, 2.45) is 5.41 Å². The molecule has 3 fully saturated rings. The highest BCUT2D eigenvalue weighted by Crippen LogP contribution is 2.36. The van der Waals surface area contributed by atoms with Gasteiger partial charge in [0.25, 0.3) is 0 Å². The lowest BCUT2D eigenvalue weighted by molar-refractivity contribution is -0.149. The maximum absolute atomic E-state index is 13.3. The number of hydrogen-bond acceptors (Lipinski definition) is 3. The van der Waals surface area contributed by atoms with Crippen LogP contribution >= 0.6 is 0 Å². The summed E-state index contributed by atoms with van der Waals surface area (Å²) in [5, 5.41) is 3.48. The number of nitrogens with zero attached hydrogens (tertiary/aromatic N) is 2. The van der Waals surface area contributed by atoms with Crippen LogP contribution in [0.15, 0.2) is 0 Å². The summed E-state index contributed by atoms with van der Waals surface area (Å²) in [6.07, 6.45) is 6.94. The molecule has 0 aromatic heterocycles. The maximum Gasteiger partial charge on any atom is 0.230 e. The number of piperidine rings is 1. The molecule has 3 saturated heterocycles. The van der Waals surface area contributed by atoms with E-state index in [4.69, 9.17) is 0 Å². The molecule has 3 aliphatic heterocycles. The Balaban J connectivity index is 1.75. The zero-order valence-corrected chi connectivity index (χ0v) is 13.7. The Labute approximate surface area is 129 Å². The number of amides is 1. The third kappa shape index (κ3) is 2.85. The van der Waals surface area contributed by atoms with Crippen LogP contribution in [-0.4, -0.2) is 60.5 Å². The standard InChI is InChI=1S/C17H31N3O/c1-3-7-17(8-5-9-18-13-17)16(21)20-12-15-6-4-10-19(15)11-14(20)2/h14-15,18H,3-13H2,1-2H3. The molecule has 1 N–H and O–H groups in total. The van der Waals surface area contributed by atoms with Crippen molar-refractivity contribution in [3.63, 3.8) is 0 Å². The zero-order valence-electron chi connectivity index (χ0n) is 13.7. The highest BCUT2D eigenvalue weighted by atomic mass is 16.2. The van der Waals surface area contributed by atoms with E-state index in [1.807, 2.05) is 0 Å². The van der Waals surface area contributed by atoms with Gasteiger partial charge in [-0.2, -0.15) is 0 Å². The van der Waals surface area contributed by atoms with Gasteiger partial charge in [0.1, 0.15) is 0 Å². The summed E-state index contributed by atoms with van der Waals surface area (Å²) in [4.78, 5) is 18.2. The third-order valence-corrected chi connectivity index (χ3v) is 5.85. The van der Waals surface area contributed by atoms with E-state index in [0.29, 0.717) is 18.0 Å². The van der Waals surface area contributed by atoms with Crippen LogP contribution in [0.4, 0.5) is 0 Å². The van der Waals surface area contributed by atoms with Crippen LogP contribution in [0, 0.1) is 5.41 Å². The van der Waals surface area contributed by atoms with Gasteiger partial charge in [-0.25, -0.2) is 0 Å². The molecule has 0 bridgehead atoms. The highest BCUT2D eigenvalue weighted by Gasteiger charge is 2.45. The van der Waals surface area contributed by atoms with Gasteiger partial charge in [-0.1, -0.05) is 13.3 Å². The maximum atomic E-state index is 13.3. The summed E-state index contributed by atoms with van der Waals surface area (Å²) in [5.74, 6) is 0.440. The van der Waals surface area contributed by atoms with Crippen LogP contribution in [-0.2, 0) is 4.79 Å². The smallest absolute Gasteiger partial charge is 0.230 e. The fraction of sp³-hybridized carbons (Fsp3) is 0.941. The molecule has 4 heteroatoms. The number of rotatable bonds is 3. The summed E-state index contributed by atoms with van der Waals surface area (Å²) in [7, 11) is 0. The van der Waals surface area contributed by atoms with Crippen LogP contribution in [0.2, 0.25) is 0 Å². The van der Waals surface area contributed by atoms with E-state index < -0.39 is 0 Å². The second-order valence-electron chi connectivity index (χ2n) is 7.41. The molecule has 4 nitrogen and oxygen atoms in total. The van der Waals surface area contributed by atoms with Gasteiger partial charge in [0, 0.05) is 31.7 Å². The second kappa shape index (κ2) is 6.25. The first-order chi connectivity index (χ1) is 10.2. The molecule has 0 saturated carbocycles. The second-order valence-corrected chi connectivity index (χ2v) is 7.41. The van der Waals surface area contributed by atoms with Crippen LogP contribution in [0.25, 0.3) is 0 Å². The molecular weight excluding hydrogens is 262 g/mol. The molecule has 0 aromatic carbocycles. The van der Waals surface area contributed by atoms with E-state index >= 15 is 0 Å². The quantitative estimate of drug-likeness (QED) is 0.862. The van der Waals surface area contributed by atoms with Crippen LogP contribution < -0.4 is 5.32 Å². The van der Waals surface area contributed by atoms with Crippen LogP contribution in [0.5, 0.6) is 0 Å². The largest absolute Gasteiger partial charge is 0.337 e. The van der Waals surface area contributed by atoms with Crippen molar-refractivity contribution in [1.29, 1.82) is 0 Å². The Kier molecular flexibility index (Phi) is 4.55. The molecule has 120 valence electrons. The Bertz CT molecular complexity index is 373. The summed E-state index contributed by atoms with van der Waals surface area (Å²) in [6.45, 7) is 9.68. The minimum absolute atomic E-state index is 0.123. The van der Waals surface area contributed by atoms with Gasteiger partial charge in [-0.15, -0.1) is 0 Å². The molecule has 0 aromatic rings. The average Bonchev–Trinajstić information content (AvgIpc) is 2.94. The number of hydrogen-bond donors (Lipinski definition) is 1. The average molecular weight is 293 g/mol. The Hall–Kier alpha value is -0.610. The predicted octanol–water partition coefficient (Wildman–Crippen LogP) is 1.85. The van der Waals surface area contributed by atoms with Gasteiger partial charge < -0.3 is 10.2 Å². The number of fused-ring (bicyclic) bond motifs is 1. The molecule has 0 radical (unpaired) electrons. The number of carbonyl (C=O) groups excluding carboxylic acids is 1. The molecule has 3 aliphatic rings. The van der Waals surface area contributed by atoms with Gasteiger partial charge in [-0.05, 0) is 52.1 Å². The van der Waals surface area contributed by atoms with Crippen molar-refractivity contribution >= 4 is 5.91 Å². The number of nitrogens with one attached hydrogen (secondary N) is 1. The SMILES string of the molecule is CCCC1(C(=O)N2CC3CCCN3CC2C)CCCNC1.